The second-order valence-electron chi connectivity index (χ2n) is 9.35. The highest BCUT2D eigenvalue weighted by atomic mass is 19.3. The third-order valence-corrected chi connectivity index (χ3v) is 6.92. The first kappa shape index (κ1) is 23.0. The van der Waals surface area contributed by atoms with Gasteiger partial charge in [-0.25, -0.2) is 15.0 Å². The van der Waals surface area contributed by atoms with Gasteiger partial charge >= 0.3 is 0 Å². The van der Waals surface area contributed by atoms with Crippen LogP contribution in [0.4, 0.5) is 8.78 Å². The molecule has 0 atom stereocenters. The van der Waals surface area contributed by atoms with Crippen LogP contribution in [0.15, 0.2) is 121 Å². The van der Waals surface area contributed by atoms with Crippen LogP contribution in [0, 0.1) is 0 Å². The highest BCUT2D eigenvalue weighted by Crippen LogP contribution is 2.52. The van der Waals surface area contributed by atoms with Gasteiger partial charge in [0.15, 0.2) is 17.5 Å². The average Bonchev–Trinajstić information content (AvgIpc) is 3.23. The lowest BCUT2D eigenvalue weighted by Gasteiger charge is -2.13. The van der Waals surface area contributed by atoms with Crippen molar-refractivity contribution in [1.82, 2.24) is 19.9 Å². The molecule has 0 bridgehead atoms. The Morgan fingerprint density at radius 3 is 1.49 bits per heavy atom. The van der Waals surface area contributed by atoms with Crippen LogP contribution in [0.1, 0.15) is 11.1 Å². The summed E-state index contributed by atoms with van der Waals surface area (Å²) in [5, 5.41) is 0. The van der Waals surface area contributed by atoms with Gasteiger partial charge < -0.3 is 0 Å². The number of fused-ring (bicyclic) bond motifs is 3. The van der Waals surface area contributed by atoms with Gasteiger partial charge in [-0.15, -0.1) is 0 Å². The highest BCUT2D eigenvalue weighted by Gasteiger charge is 2.44. The van der Waals surface area contributed by atoms with Crippen molar-refractivity contribution in [2.75, 3.05) is 0 Å². The van der Waals surface area contributed by atoms with Crippen molar-refractivity contribution in [2.24, 2.45) is 0 Å². The van der Waals surface area contributed by atoms with Crippen molar-refractivity contribution < 1.29 is 8.78 Å². The molecule has 0 N–H and O–H groups in total. The Balaban J connectivity index is 1.40. The van der Waals surface area contributed by atoms with Crippen molar-refractivity contribution in [1.29, 1.82) is 0 Å². The summed E-state index contributed by atoms with van der Waals surface area (Å²) in [4.78, 5) is 18.6. The summed E-state index contributed by atoms with van der Waals surface area (Å²) in [7, 11) is 0. The highest BCUT2D eigenvalue weighted by molar-refractivity contribution is 5.85. The number of pyridine rings is 1. The molecule has 6 heteroatoms. The summed E-state index contributed by atoms with van der Waals surface area (Å²) in [6.45, 7) is 0. The second-order valence-corrected chi connectivity index (χ2v) is 9.35. The van der Waals surface area contributed by atoms with Crippen LogP contribution in [-0.2, 0) is 5.92 Å². The van der Waals surface area contributed by atoms with Crippen LogP contribution >= 0.6 is 0 Å². The molecule has 2 aromatic heterocycles. The largest absolute Gasteiger partial charge is 0.299 e. The molecule has 0 radical (unpaired) electrons. The van der Waals surface area contributed by atoms with Crippen molar-refractivity contribution in [3.05, 3.63) is 133 Å². The normalized spacial score (nSPS) is 13.1. The second kappa shape index (κ2) is 9.03. The molecule has 7 rings (SSSR count). The molecular weight excluding hydrogens is 490 g/mol. The number of hydrogen-bond donors (Lipinski definition) is 0. The van der Waals surface area contributed by atoms with Crippen LogP contribution in [0.3, 0.4) is 0 Å². The molecule has 186 valence electrons. The molecule has 0 fully saturated rings. The van der Waals surface area contributed by atoms with Crippen molar-refractivity contribution in [2.45, 2.75) is 5.92 Å². The van der Waals surface area contributed by atoms with Crippen LogP contribution in [0.2, 0.25) is 0 Å². The maximum absolute atomic E-state index is 15.5. The third-order valence-electron chi connectivity index (χ3n) is 6.92. The summed E-state index contributed by atoms with van der Waals surface area (Å²) in [5.74, 6) is -1.65. The molecule has 0 amide bonds. The summed E-state index contributed by atoms with van der Waals surface area (Å²) in [6.07, 6.45) is 1.69. The van der Waals surface area contributed by atoms with Crippen molar-refractivity contribution >= 4 is 0 Å². The Hall–Kier alpha value is -5.10. The molecule has 2 heterocycles. The monoisotopic (exact) mass is 510 g/mol. The molecule has 0 saturated heterocycles. The first-order valence-corrected chi connectivity index (χ1v) is 12.5. The SMILES string of the molecule is FC1(F)c2ccc(-c3ccccn3)cc2-c2cc(-c3nc(-c4ccccc4)nc(-c4ccccc4)n3)ccc21. The number of halogens is 2. The van der Waals surface area contributed by atoms with Crippen LogP contribution in [0.5, 0.6) is 0 Å². The van der Waals surface area contributed by atoms with E-state index >= 15 is 8.78 Å². The van der Waals surface area contributed by atoms with E-state index in [1.54, 1.807) is 30.5 Å². The van der Waals surface area contributed by atoms with E-state index in [1.165, 1.54) is 12.1 Å². The maximum Gasteiger partial charge on any atom is 0.299 e. The zero-order valence-corrected chi connectivity index (χ0v) is 20.6. The molecular formula is C33H20F2N4. The van der Waals surface area contributed by atoms with E-state index in [-0.39, 0.29) is 11.1 Å². The van der Waals surface area contributed by atoms with Gasteiger partial charge in [-0.3, -0.25) is 4.98 Å². The number of hydrogen-bond acceptors (Lipinski definition) is 4. The Morgan fingerprint density at radius 1 is 0.462 bits per heavy atom. The molecule has 4 aromatic carbocycles. The van der Waals surface area contributed by atoms with Crippen molar-refractivity contribution in [3.8, 4) is 56.5 Å². The molecule has 0 saturated carbocycles. The van der Waals surface area contributed by atoms with E-state index in [4.69, 9.17) is 15.0 Å². The lowest BCUT2D eigenvalue weighted by atomic mass is 9.99. The fraction of sp³-hybridized carbons (Fsp3) is 0.0303. The van der Waals surface area contributed by atoms with Gasteiger partial charge in [0.25, 0.3) is 5.92 Å². The molecule has 0 spiro atoms. The van der Waals surface area contributed by atoms with Crippen LogP contribution in [0.25, 0.3) is 56.5 Å². The van der Waals surface area contributed by atoms with Gasteiger partial charge in [-0.1, -0.05) is 91.0 Å². The number of aromatic nitrogens is 4. The van der Waals surface area contributed by atoms with Gasteiger partial charge in [-0.05, 0) is 35.4 Å². The smallest absolute Gasteiger partial charge is 0.256 e. The molecule has 4 nitrogen and oxygen atoms in total. The van der Waals surface area contributed by atoms with Gasteiger partial charge in [0.1, 0.15) is 0 Å². The molecule has 1 aliphatic carbocycles. The van der Waals surface area contributed by atoms with Gasteiger partial charge in [0, 0.05) is 39.6 Å². The summed E-state index contributed by atoms with van der Waals surface area (Å²) >= 11 is 0. The number of nitrogens with zero attached hydrogens (tertiary/aromatic N) is 4. The van der Waals surface area contributed by atoms with E-state index in [0.717, 1.165) is 22.4 Å². The predicted octanol–water partition coefficient (Wildman–Crippen LogP) is 8.06. The Bertz CT molecular complexity index is 1760. The van der Waals surface area contributed by atoms with E-state index in [1.807, 2.05) is 78.9 Å². The zero-order chi connectivity index (χ0) is 26.4. The summed E-state index contributed by atoms with van der Waals surface area (Å²) in [6, 6.07) is 34.8. The lowest BCUT2D eigenvalue weighted by Crippen LogP contribution is -2.10. The molecule has 1 aliphatic rings. The minimum absolute atomic E-state index is 0.0140. The predicted molar refractivity (Wildman–Crippen MR) is 148 cm³/mol. The van der Waals surface area contributed by atoms with Crippen molar-refractivity contribution in [3.63, 3.8) is 0 Å². The Morgan fingerprint density at radius 2 is 0.949 bits per heavy atom. The zero-order valence-electron chi connectivity index (χ0n) is 20.6. The fourth-order valence-corrected chi connectivity index (χ4v) is 5.00. The summed E-state index contributed by atoms with van der Waals surface area (Å²) < 4.78 is 31.0. The fourth-order valence-electron chi connectivity index (χ4n) is 5.00. The third kappa shape index (κ3) is 3.97. The van der Waals surface area contributed by atoms with Crippen LogP contribution < -0.4 is 0 Å². The minimum Gasteiger partial charge on any atom is -0.256 e. The topological polar surface area (TPSA) is 51.6 Å². The summed E-state index contributed by atoms with van der Waals surface area (Å²) in [5.41, 5.74) is 4.74. The number of rotatable bonds is 4. The number of alkyl halides is 2. The molecule has 0 unspecified atom stereocenters. The van der Waals surface area contributed by atoms with Gasteiger partial charge in [-0.2, -0.15) is 8.78 Å². The Kier molecular flexibility index (Phi) is 5.33. The maximum atomic E-state index is 15.5. The lowest BCUT2D eigenvalue weighted by molar-refractivity contribution is 0.0480. The quantitative estimate of drug-likeness (QED) is 0.241. The standard InChI is InChI=1S/C33H20F2N4/c34-33(35)27-16-14-23(29-13-7-8-18-36-29)19-25(27)26-20-24(15-17-28(26)33)32-38-30(21-9-3-1-4-10-21)37-31(39-32)22-11-5-2-6-12-22/h1-20H. The van der Waals surface area contributed by atoms with Gasteiger partial charge in [0.05, 0.1) is 5.69 Å². The van der Waals surface area contributed by atoms with Crippen LogP contribution in [-0.4, -0.2) is 19.9 Å². The minimum atomic E-state index is -3.10. The van der Waals surface area contributed by atoms with Gasteiger partial charge in [0.2, 0.25) is 0 Å². The Labute approximate surface area is 223 Å². The molecule has 39 heavy (non-hydrogen) atoms. The van der Waals surface area contributed by atoms with E-state index in [9.17, 15) is 0 Å². The van der Waals surface area contributed by atoms with E-state index < -0.39 is 5.92 Å². The average molecular weight is 511 g/mol. The first-order valence-electron chi connectivity index (χ1n) is 12.5. The molecule has 0 aliphatic heterocycles. The number of benzene rings is 4. The van der Waals surface area contributed by atoms with E-state index in [2.05, 4.69) is 4.98 Å². The van der Waals surface area contributed by atoms with E-state index in [0.29, 0.717) is 34.2 Å². The molecule has 6 aromatic rings. The first-order chi connectivity index (χ1) is 19.1.